The lowest BCUT2D eigenvalue weighted by Gasteiger charge is -2.19. The average Bonchev–Trinajstić information content (AvgIpc) is 2.41. The Morgan fingerprint density at radius 3 is 2.72 bits per heavy atom. The molecule has 0 bridgehead atoms. The van der Waals surface area contributed by atoms with E-state index < -0.39 is 0 Å². The Bertz CT molecular complexity index is 516. The number of ether oxygens (including phenoxy) is 1. The average molecular weight is 308 g/mol. The van der Waals surface area contributed by atoms with Gasteiger partial charge < -0.3 is 9.84 Å². The van der Waals surface area contributed by atoms with Crippen molar-refractivity contribution < 1.29 is 9.84 Å². The second-order valence-electron chi connectivity index (χ2n) is 3.84. The first kappa shape index (κ1) is 13.2. The first-order chi connectivity index (χ1) is 8.77. The highest BCUT2D eigenvalue weighted by Crippen LogP contribution is 2.30. The van der Waals surface area contributed by atoms with E-state index in [2.05, 4.69) is 20.9 Å². The Hall–Kier alpha value is -1.23. The van der Waals surface area contributed by atoms with Crippen LogP contribution in [-0.2, 0) is 11.3 Å². The van der Waals surface area contributed by atoms with Crippen molar-refractivity contribution in [2.24, 2.45) is 0 Å². The lowest BCUT2D eigenvalue weighted by atomic mass is 10.00. The maximum absolute atomic E-state index is 9.48. The summed E-state index contributed by atoms with van der Waals surface area (Å²) in [5.74, 6) is 0. The molecule has 1 aromatic carbocycles. The molecular weight excluding hydrogens is 294 g/mol. The lowest BCUT2D eigenvalue weighted by molar-refractivity contribution is 0.130. The van der Waals surface area contributed by atoms with Gasteiger partial charge in [-0.3, -0.25) is 4.98 Å². The van der Waals surface area contributed by atoms with Gasteiger partial charge in [-0.15, -0.1) is 0 Å². The summed E-state index contributed by atoms with van der Waals surface area (Å²) in [6.45, 7) is -0.0382. The highest BCUT2D eigenvalue weighted by molar-refractivity contribution is 9.10. The van der Waals surface area contributed by atoms with E-state index in [0.717, 1.165) is 21.3 Å². The maximum atomic E-state index is 9.48. The molecule has 4 heteroatoms. The van der Waals surface area contributed by atoms with Crippen LogP contribution in [0.15, 0.2) is 47.1 Å². The summed E-state index contributed by atoms with van der Waals surface area (Å²) >= 11 is 3.44. The smallest absolute Gasteiger partial charge is 0.124 e. The number of aliphatic hydroxyl groups excluding tert-OH is 1. The summed E-state index contributed by atoms with van der Waals surface area (Å²) in [6.07, 6.45) is 1.46. The van der Waals surface area contributed by atoms with Gasteiger partial charge in [-0.1, -0.05) is 34.1 Å². The normalized spacial score (nSPS) is 12.4. The predicted molar refractivity (Wildman–Crippen MR) is 73.2 cm³/mol. The third kappa shape index (κ3) is 2.61. The Kier molecular flexibility index (Phi) is 4.47. The standard InChI is InChI=1S/C14H14BrNO2/c1-18-14(13-7-2-3-8-16-13)10-5-4-6-12(15)11(10)9-17/h2-8,14,17H,9H2,1H3. The summed E-state index contributed by atoms with van der Waals surface area (Å²) in [7, 11) is 1.64. The van der Waals surface area contributed by atoms with Crippen molar-refractivity contribution in [2.45, 2.75) is 12.7 Å². The van der Waals surface area contributed by atoms with Crippen molar-refractivity contribution in [3.63, 3.8) is 0 Å². The number of benzene rings is 1. The molecule has 0 saturated heterocycles. The molecule has 0 aliphatic rings. The molecule has 0 spiro atoms. The van der Waals surface area contributed by atoms with Crippen LogP contribution in [0.3, 0.4) is 0 Å². The van der Waals surface area contributed by atoms with E-state index in [-0.39, 0.29) is 12.7 Å². The van der Waals surface area contributed by atoms with Crippen LogP contribution in [0, 0.1) is 0 Å². The first-order valence-corrected chi connectivity index (χ1v) is 6.39. The second-order valence-corrected chi connectivity index (χ2v) is 4.69. The van der Waals surface area contributed by atoms with Gasteiger partial charge in [0.1, 0.15) is 6.10 Å². The molecule has 2 rings (SSSR count). The maximum Gasteiger partial charge on any atom is 0.124 e. The number of aliphatic hydroxyl groups is 1. The zero-order valence-corrected chi connectivity index (χ0v) is 11.6. The number of hydrogen-bond donors (Lipinski definition) is 1. The largest absolute Gasteiger partial charge is 0.392 e. The fourth-order valence-electron chi connectivity index (χ4n) is 1.93. The van der Waals surface area contributed by atoms with Gasteiger partial charge in [0, 0.05) is 17.8 Å². The van der Waals surface area contributed by atoms with Gasteiger partial charge in [0.2, 0.25) is 0 Å². The number of nitrogens with zero attached hydrogens (tertiary/aromatic N) is 1. The van der Waals surface area contributed by atoms with E-state index >= 15 is 0 Å². The zero-order chi connectivity index (χ0) is 13.0. The fourth-order valence-corrected chi connectivity index (χ4v) is 2.43. The number of aromatic nitrogens is 1. The number of hydrogen-bond acceptors (Lipinski definition) is 3. The van der Waals surface area contributed by atoms with Crippen LogP contribution in [0.25, 0.3) is 0 Å². The van der Waals surface area contributed by atoms with Gasteiger partial charge in [-0.05, 0) is 29.3 Å². The lowest BCUT2D eigenvalue weighted by Crippen LogP contribution is -2.09. The topological polar surface area (TPSA) is 42.4 Å². The summed E-state index contributed by atoms with van der Waals surface area (Å²) in [5.41, 5.74) is 2.58. The predicted octanol–water partition coefficient (Wildman–Crippen LogP) is 3.07. The highest BCUT2D eigenvalue weighted by atomic mass is 79.9. The summed E-state index contributed by atoms with van der Waals surface area (Å²) in [6, 6.07) is 11.5. The summed E-state index contributed by atoms with van der Waals surface area (Å²) in [4.78, 5) is 4.31. The molecule has 1 unspecified atom stereocenters. The van der Waals surface area contributed by atoms with Crippen LogP contribution in [0.4, 0.5) is 0 Å². The molecular formula is C14H14BrNO2. The van der Waals surface area contributed by atoms with E-state index in [1.807, 2.05) is 36.4 Å². The second kappa shape index (κ2) is 6.09. The minimum Gasteiger partial charge on any atom is -0.392 e. The van der Waals surface area contributed by atoms with Gasteiger partial charge >= 0.3 is 0 Å². The molecule has 0 amide bonds. The first-order valence-electron chi connectivity index (χ1n) is 5.59. The minimum atomic E-state index is -0.272. The summed E-state index contributed by atoms with van der Waals surface area (Å²) < 4.78 is 6.40. The van der Waals surface area contributed by atoms with Crippen molar-refractivity contribution in [3.05, 3.63) is 63.9 Å². The fraction of sp³-hybridized carbons (Fsp3) is 0.214. The molecule has 0 aliphatic heterocycles. The third-order valence-electron chi connectivity index (χ3n) is 2.79. The highest BCUT2D eigenvalue weighted by Gasteiger charge is 2.18. The van der Waals surface area contributed by atoms with Gasteiger partial charge in [0.05, 0.1) is 12.3 Å². The number of pyridine rings is 1. The van der Waals surface area contributed by atoms with E-state index in [4.69, 9.17) is 4.74 Å². The quantitative estimate of drug-likeness (QED) is 0.944. The molecule has 1 aromatic heterocycles. The molecule has 1 N–H and O–H groups in total. The molecule has 0 saturated carbocycles. The molecule has 0 radical (unpaired) electrons. The molecule has 94 valence electrons. The van der Waals surface area contributed by atoms with Crippen molar-refractivity contribution in [1.82, 2.24) is 4.98 Å². The number of methoxy groups -OCH3 is 1. The number of halogens is 1. The van der Waals surface area contributed by atoms with Gasteiger partial charge in [-0.25, -0.2) is 0 Å². The molecule has 3 nitrogen and oxygen atoms in total. The third-order valence-corrected chi connectivity index (χ3v) is 3.53. The van der Waals surface area contributed by atoms with E-state index in [1.165, 1.54) is 0 Å². The Labute approximate surface area is 115 Å². The monoisotopic (exact) mass is 307 g/mol. The molecule has 18 heavy (non-hydrogen) atoms. The molecule has 1 heterocycles. The zero-order valence-electron chi connectivity index (χ0n) is 10.0. The van der Waals surface area contributed by atoms with E-state index in [1.54, 1.807) is 13.3 Å². The SMILES string of the molecule is COC(c1ccccn1)c1cccc(Br)c1CO. The van der Waals surface area contributed by atoms with Gasteiger partial charge in [0.15, 0.2) is 0 Å². The van der Waals surface area contributed by atoms with Crippen molar-refractivity contribution >= 4 is 15.9 Å². The van der Waals surface area contributed by atoms with Crippen LogP contribution in [0.5, 0.6) is 0 Å². The Morgan fingerprint density at radius 1 is 1.28 bits per heavy atom. The number of rotatable bonds is 4. The van der Waals surface area contributed by atoms with Gasteiger partial charge in [0.25, 0.3) is 0 Å². The van der Waals surface area contributed by atoms with Crippen LogP contribution in [0.2, 0.25) is 0 Å². The molecule has 1 atom stereocenters. The Balaban J connectivity index is 2.49. The molecule has 0 aliphatic carbocycles. The van der Waals surface area contributed by atoms with Crippen molar-refractivity contribution in [3.8, 4) is 0 Å². The van der Waals surface area contributed by atoms with Crippen LogP contribution in [0.1, 0.15) is 22.9 Å². The molecule has 0 fully saturated rings. The van der Waals surface area contributed by atoms with Crippen molar-refractivity contribution in [1.29, 1.82) is 0 Å². The Morgan fingerprint density at radius 2 is 2.11 bits per heavy atom. The minimum absolute atomic E-state index is 0.0382. The van der Waals surface area contributed by atoms with E-state index in [9.17, 15) is 5.11 Å². The van der Waals surface area contributed by atoms with Crippen LogP contribution < -0.4 is 0 Å². The van der Waals surface area contributed by atoms with E-state index in [0.29, 0.717) is 0 Å². The van der Waals surface area contributed by atoms with Crippen LogP contribution in [-0.4, -0.2) is 17.2 Å². The van der Waals surface area contributed by atoms with Crippen LogP contribution >= 0.6 is 15.9 Å². The van der Waals surface area contributed by atoms with Gasteiger partial charge in [-0.2, -0.15) is 0 Å². The summed E-state index contributed by atoms with van der Waals surface area (Å²) in [5, 5.41) is 9.48. The van der Waals surface area contributed by atoms with Crippen molar-refractivity contribution in [2.75, 3.05) is 7.11 Å². The molecule has 2 aromatic rings.